The molecule has 0 heterocycles. The van der Waals surface area contributed by atoms with Gasteiger partial charge in [-0.25, -0.2) is 0 Å². The van der Waals surface area contributed by atoms with Crippen molar-refractivity contribution in [2.75, 3.05) is 0 Å². The zero-order valence-corrected chi connectivity index (χ0v) is 14.7. The molecule has 3 heteroatoms. The maximum Gasteiger partial charge on any atom is 0.303 e. The third-order valence-corrected chi connectivity index (χ3v) is 3.64. The third-order valence-electron chi connectivity index (χ3n) is 3.64. The number of hydrogen-bond acceptors (Lipinski definition) is 2. The van der Waals surface area contributed by atoms with Gasteiger partial charge in [-0.05, 0) is 44.6 Å². The number of carbonyl (C=O) groups is 1. The lowest BCUT2D eigenvalue weighted by atomic mass is 10.1. The number of allylic oxidation sites excluding steroid dienone is 6. The summed E-state index contributed by atoms with van der Waals surface area (Å²) in [5, 5.41) is 18.2. The number of aliphatic hydroxyl groups excluding tert-OH is 1. The predicted molar refractivity (Wildman–Crippen MR) is 97.7 cm³/mol. The van der Waals surface area contributed by atoms with Crippen LogP contribution in [0.1, 0.15) is 84.0 Å². The summed E-state index contributed by atoms with van der Waals surface area (Å²) in [4.78, 5) is 10.3. The van der Waals surface area contributed by atoms with Crippen LogP contribution in [0.4, 0.5) is 0 Å². The first-order chi connectivity index (χ1) is 11.2. The molecule has 0 aromatic rings. The zero-order chi connectivity index (χ0) is 17.2. The van der Waals surface area contributed by atoms with Crippen LogP contribution in [0.25, 0.3) is 0 Å². The van der Waals surface area contributed by atoms with Gasteiger partial charge in [0.15, 0.2) is 0 Å². The van der Waals surface area contributed by atoms with Gasteiger partial charge in [0.1, 0.15) is 0 Å². The first-order valence-electron chi connectivity index (χ1n) is 9.06. The van der Waals surface area contributed by atoms with Gasteiger partial charge in [-0.1, -0.05) is 56.9 Å². The van der Waals surface area contributed by atoms with Crippen LogP contribution >= 0.6 is 0 Å². The number of unbranched alkanes of at least 4 members (excludes halogenated alkanes) is 6. The largest absolute Gasteiger partial charge is 0.513 e. The number of hydrogen-bond donors (Lipinski definition) is 2. The second kappa shape index (κ2) is 16.9. The van der Waals surface area contributed by atoms with E-state index in [1.54, 1.807) is 0 Å². The Labute approximate surface area is 141 Å². The smallest absolute Gasteiger partial charge is 0.303 e. The Kier molecular flexibility index (Phi) is 15.7. The van der Waals surface area contributed by atoms with E-state index in [9.17, 15) is 9.90 Å². The zero-order valence-electron chi connectivity index (χ0n) is 14.7. The topological polar surface area (TPSA) is 57.5 Å². The molecule has 0 aliphatic carbocycles. The second-order valence-corrected chi connectivity index (χ2v) is 5.91. The fraction of sp³-hybridized carbons (Fsp3) is 0.650. The van der Waals surface area contributed by atoms with Crippen LogP contribution in [0.15, 0.2) is 36.1 Å². The highest BCUT2D eigenvalue weighted by molar-refractivity contribution is 5.66. The Morgan fingerprint density at radius 3 is 2.17 bits per heavy atom. The maximum atomic E-state index is 10.3. The Hall–Kier alpha value is -1.51. The van der Waals surface area contributed by atoms with Gasteiger partial charge in [-0.15, -0.1) is 0 Å². The molecule has 132 valence electrons. The van der Waals surface area contributed by atoms with E-state index in [0.29, 0.717) is 12.2 Å². The van der Waals surface area contributed by atoms with E-state index < -0.39 is 5.97 Å². The lowest BCUT2D eigenvalue weighted by Crippen LogP contribution is -1.93. The molecule has 0 aliphatic rings. The minimum Gasteiger partial charge on any atom is -0.513 e. The number of carboxylic acid groups (broad SMARTS) is 1. The van der Waals surface area contributed by atoms with Gasteiger partial charge in [-0.2, -0.15) is 0 Å². The van der Waals surface area contributed by atoms with Gasteiger partial charge < -0.3 is 10.2 Å². The average molecular weight is 322 g/mol. The molecule has 0 spiro atoms. The maximum absolute atomic E-state index is 10.3. The van der Waals surface area contributed by atoms with E-state index >= 15 is 0 Å². The van der Waals surface area contributed by atoms with E-state index in [4.69, 9.17) is 5.11 Å². The number of aliphatic carboxylic acids is 1. The highest BCUT2D eigenvalue weighted by atomic mass is 16.4. The van der Waals surface area contributed by atoms with Crippen LogP contribution in [0, 0.1) is 0 Å². The van der Waals surface area contributed by atoms with E-state index in [-0.39, 0.29) is 0 Å². The van der Waals surface area contributed by atoms with Crippen LogP contribution in [0.5, 0.6) is 0 Å². The highest BCUT2D eigenvalue weighted by Gasteiger charge is 1.95. The molecule has 0 unspecified atom stereocenters. The highest BCUT2D eigenvalue weighted by Crippen LogP contribution is 2.08. The van der Waals surface area contributed by atoms with Crippen molar-refractivity contribution in [3.05, 3.63) is 36.1 Å². The molecule has 0 aromatic heterocycles. The first kappa shape index (κ1) is 21.5. The lowest BCUT2D eigenvalue weighted by molar-refractivity contribution is -0.137. The summed E-state index contributed by atoms with van der Waals surface area (Å²) < 4.78 is 0. The first-order valence-corrected chi connectivity index (χ1v) is 9.06. The molecule has 0 aromatic carbocycles. The van der Waals surface area contributed by atoms with E-state index in [0.717, 1.165) is 57.8 Å². The molecular weight excluding hydrogens is 288 g/mol. The van der Waals surface area contributed by atoms with Gasteiger partial charge in [0, 0.05) is 12.8 Å². The summed E-state index contributed by atoms with van der Waals surface area (Å²) in [5.74, 6) is -0.178. The normalized spacial score (nSPS) is 12.5. The molecule has 0 saturated heterocycles. The van der Waals surface area contributed by atoms with Gasteiger partial charge in [0.05, 0.1) is 5.76 Å². The van der Waals surface area contributed by atoms with E-state index in [2.05, 4.69) is 31.2 Å². The van der Waals surface area contributed by atoms with Crippen molar-refractivity contribution >= 4 is 5.97 Å². The molecule has 0 bridgehead atoms. The van der Waals surface area contributed by atoms with Crippen molar-refractivity contribution in [1.29, 1.82) is 0 Å². The van der Waals surface area contributed by atoms with Crippen molar-refractivity contribution in [3.63, 3.8) is 0 Å². The molecule has 23 heavy (non-hydrogen) atoms. The van der Waals surface area contributed by atoms with Crippen LogP contribution in [-0.4, -0.2) is 16.2 Å². The number of aliphatic hydroxyl groups is 1. The van der Waals surface area contributed by atoms with E-state index in [1.807, 2.05) is 6.08 Å². The quantitative estimate of drug-likeness (QED) is 0.210. The molecule has 0 atom stereocenters. The van der Waals surface area contributed by atoms with Crippen LogP contribution < -0.4 is 0 Å². The summed E-state index contributed by atoms with van der Waals surface area (Å²) in [6.07, 6.45) is 21.8. The Morgan fingerprint density at radius 2 is 1.43 bits per heavy atom. The fourth-order valence-electron chi connectivity index (χ4n) is 2.24. The van der Waals surface area contributed by atoms with Gasteiger partial charge in [-0.3, -0.25) is 4.79 Å². The fourth-order valence-corrected chi connectivity index (χ4v) is 2.24. The molecule has 0 saturated carbocycles. The molecular formula is C20H34O3. The van der Waals surface area contributed by atoms with Crippen LogP contribution in [0.3, 0.4) is 0 Å². The molecule has 2 N–H and O–H groups in total. The van der Waals surface area contributed by atoms with Crippen LogP contribution in [-0.2, 0) is 4.79 Å². The van der Waals surface area contributed by atoms with Gasteiger partial charge >= 0.3 is 5.97 Å². The van der Waals surface area contributed by atoms with Gasteiger partial charge in [0.2, 0.25) is 0 Å². The molecule has 3 nitrogen and oxygen atoms in total. The summed E-state index contributed by atoms with van der Waals surface area (Å²) >= 11 is 0. The lowest BCUT2D eigenvalue weighted by Gasteiger charge is -1.97. The Morgan fingerprint density at radius 1 is 0.783 bits per heavy atom. The SMILES string of the molecule is CCCCC/C(O)=C/C/C=C/C/C=C/CCCCCCC(=O)O. The molecule has 0 radical (unpaired) electrons. The Bertz CT molecular complexity index is 367. The van der Waals surface area contributed by atoms with Crippen molar-refractivity contribution in [2.24, 2.45) is 0 Å². The third kappa shape index (κ3) is 18.4. The Balaban J connectivity index is 3.44. The van der Waals surface area contributed by atoms with Crippen LogP contribution in [0.2, 0.25) is 0 Å². The summed E-state index contributed by atoms with van der Waals surface area (Å²) in [7, 11) is 0. The van der Waals surface area contributed by atoms with Crippen molar-refractivity contribution < 1.29 is 15.0 Å². The van der Waals surface area contributed by atoms with E-state index in [1.165, 1.54) is 12.8 Å². The van der Waals surface area contributed by atoms with Gasteiger partial charge in [0.25, 0.3) is 0 Å². The minimum absolute atomic E-state index is 0.295. The summed E-state index contributed by atoms with van der Waals surface area (Å²) in [6, 6.07) is 0. The second-order valence-electron chi connectivity index (χ2n) is 5.91. The van der Waals surface area contributed by atoms with Crippen molar-refractivity contribution in [2.45, 2.75) is 84.0 Å². The summed E-state index contributed by atoms with van der Waals surface area (Å²) in [6.45, 7) is 2.16. The molecule has 0 amide bonds. The molecule has 0 rings (SSSR count). The standard InChI is InChI=1S/C20H34O3/c1-2-3-13-16-19(21)17-14-11-9-7-5-4-6-8-10-12-15-18-20(22)23/h4-5,9,11,17,21H,2-3,6-8,10,12-16,18H2,1H3,(H,22,23)/b5-4+,11-9+,19-17-. The average Bonchev–Trinajstić information content (AvgIpc) is 2.51. The minimum atomic E-state index is -0.694. The van der Waals surface area contributed by atoms with Crippen molar-refractivity contribution in [3.8, 4) is 0 Å². The predicted octanol–water partition coefficient (Wildman–Crippen LogP) is 6.33. The number of carboxylic acids is 1. The molecule has 0 aliphatic heterocycles. The summed E-state index contributed by atoms with van der Waals surface area (Å²) in [5.41, 5.74) is 0. The monoisotopic (exact) mass is 322 g/mol. The van der Waals surface area contributed by atoms with Crippen molar-refractivity contribution in [1.82, 2.24) is 0 Å². The number of rotatable bonds is 15. The molecule has 0 fully saturated rings.